The van der Waals surface area contributed by atoms with Crippen LogP contribution < -0.4 is 5.32 Å². The maximum atomic E-state index is 6.40. The van der Waals surface area contributed by atoms with Crippen LogP contribution in [0.2, 0.25) is 5.02 Å². The van der Waals surface area contributed by atoms with Gasteiger partial charge in [-0.2, -0.15) is 5.10 Å². The first-order valence-electron chi connectivity index (χ1n) is 7.11. The van der Waals surface area contributed by atoms with Gasteiger partial charge in [0.2, 0.25) is 0 Å². The Morgan fingerprint density at radius 3 is 2.57 bits per heavy atom. The van der Waals surface area contributed by atoms with Gasteiger partial charge >= 0.3 is 0 Å². The molecule has 0 saturated carbocycles. The number of halogens is 2. The SMILES string of the molecule is Cc1nn(-c2ccc(CNCC(C)C)c(Cl)c2)c(C)c1Br. The topological polar surface area (TPSA) is 29.9 Å². The third kappa shape index (κ3) is 3.87. The molecular formula is C16H21BrClN3. The maximum absolute atomic E-state index is 6.40. The van der Waals surface area contributed by atoms with Crippen molar-refractivity contribution >= 4 is 27.5 Å². The molecule has 0 aliphatic heterocycles. The molecule has 1 aromatic carbocycles. The smallest absolute Gasteiger partial charge is 0.0743 e. The minimum atomic E-state index is 0.634. The van der Waals surface area contributed by atoms with Crippen LogP contribution in [0, 0.1) is 19.8 Å². The van der Waals surface area contributed by atoms with E-state index in [2.05, 4.69) is 52.3 Å². The molecule has 0 aliphatic carbocycles. The van der Waals surface area contributed by atoms with Crippen molar-refractivity contribution in [2.75, 3.05) is 6.54 Å². The van der Waals surface area contributed by atoms with Gasteiger partial charge in [0, 0.05) is 11.6 Å². The van der Waals surface area contributed by atoms with Gasteiger partial charge in [-0.05, 0) is 59.9 Å². The average Bonchev–Trinajstić information content (AvgIpc) is 2.68. The molecule has 5 heteroatoms. The molecule has 1 heterocycles. The van der Waals surface area contributed by atoms with Gasteiger partial charge in [0.25, 0.3) is 0 Å². The number of benzene rings is 1. The Balaban J connectivity index is 2.20. The predicted molar refractivity (Wildman–Crippen MR) is 92.3 cm³/mol. The number of nitrogens with zero attached hydrogens (tertiary/aromatic N) is 2. The summed E-state index contributed by atoms with van der Waals surface area (Å²) in [7, 11) is 0. The second-order valence-electron chi connectivity index (χ2n) is 5.70. The number of rotatable bonds is 5. The van der Waals surface area contributed by atoms with Gasteiger partial charge in [0.05, 0.1) is 21.5 Å². The Morgan fingerprint density at radius 2 is 2.05 bits per heavy atom. The largest absolute Gasteiger partial charge is 0.312 e. The second kappa shape index (κ2) is 6.95. The molecule has 2 rings (SSSR count). The summed E-state index contributed by atoms with van der Waals surface area (Å²) in [6.07, 6.45) is 0. The first kappa shape index (κ1) is 16.5. The summed E-state index contributed by atoms with van der Waals surface area (Å²) in [6.45, 7) is 10.2. The highest BCUT2D eigenvalue weighted by molar-refractivity contribution is 9.10. The fourth-order valence-electron chi connectivity index (χ4n) is 2.18. The highest BCUT2D eigenvalue weighted by Gasteiger charge is 2.11. The number of aryl methyl sites for hydroxylation is 1. The van der Waals surface area contributed by atoms with E-state index in [1.807, 2.05) is 24.6 Å². The fraction of sp³-hybridized carbons (Fsp3) is 0.438. The van der Waals surface area contributed by atoms with Gasteiger partial charge in [-0.3, -0.25) is 0 Å². The van der Waals surface area contributed by atoms with E-state index in [-0.39, 0.29) is 0 Å². The van der Waals surface area contributed by atoms with E-state index in [0.717, 1.165) is 45.2 Å². The third-order valence-corrected chi connectivity index (χ3v) is 4.85. The van der Waals surface area contributed by atoms with Crippen molar-refractivity contribution in [3.05, 3.63) is 44.6 Å². The predicted octanol–water partition coefficient (Wildman–Crippen LogP) is 4.65. The molecule has 114 valence electrons. The van der Waals surface area contributed by atoms with Crippen molar-refractivity contribution < 1.29 is 0 Å². The van der Waals surface area contributed by atoms with Crippen LogP contribution in [0.3, 0.4) is 0 Å². The van der Waals surface area contributed by atoms with Crippen LogP contribution in [-0.4, -0.2) is 16.3 Å². The molecule has 0 bridgehead atoms. The molecule has 3 nitrogen and oxygen atoms in total. The maximum Gasteiger partial charge on any atom is 0.0743 e. The van der Waals surface area contributed by atoms with Gasteiger partial charge in [-0.1, -0.05) is 31.5 Å². The Labute approximate surface area is 139 Å². The van der Waals surface area contributed by atoms with Crippen molar-refractivity contribution in [1.29, 1.82) is 0 Å². The first-order chi connectivity index (χ1) is 9.90. The molecule has 2 aromatic rings. The quantitative estimate of drug-likeness (QED) is 0.830. The van der Waals surface area contributed by atoms with Crippen LogP contribution >= 0.6 is 27.5 Å². The molecule has 0 aliphatic rings. The highest BCUT2D eigenvalue weighted by atomic mass is 79.9. The molecule has 0 saturated heterocycles. The summed E-state index contributed by atoms with van der Waals surface area (Å²) in [5, 5.41) is 8.71. The van der Waals surface area contributed by atoms with Crippen LogP contribution in [-0.2, 0) is 6.54 Å². The number of hydrogen-bond acceptors (Lipinski definition) is 2. The molecule has 0 fully saturated rings. The normalized spacial score (nSPS) is 11.4. The molecule has 0 atom stereocenters. The Morgan fingerprint density at radius 1 is 1.33 bits per heavy atom. The molecular weight excluding hydrogens is 350 g/mol. The van der Waals surface area contributed by atoms with Crippen LogP contribution in [0.1, 0.15) is 30.8 Å². The fourth-order valence-corrected chi connectivity index (χ4v) is 2.67. The van der Waals surface area contributed by atoms with Crippen molar-refractivity contribution in [2.45, 2.75) is 34.2 Å². The van der Waals surface area contributed by atoms with Gasteiger partial charge in [0.1, 0.15) is 0 Å². The lowest BCUT2D eigenvalue weighted by atomic mass is 10.2. The molecule has 0 radical (unpaired) electrons. The lowest BCUT2D eigenvalue weighted by Crippen LogP contribution is -2.19. The van der Waals surface area contributed by atoms with Crippen molar-refractivity contribution in [2.24, 2.45) is 5.92 Å². The number of aromatic nitrogens is 2. The highest BCUT2D eigenvalue weighted by Crippen LogP contribution is 2.25. The summed E-state index contributed by atoms with van der Waals surface area (Å²) >= 11 is 9.95. The van der Waals surface area contributed by atoms with E-state index in [4.69, 9.17) is 11.6 Å². The van der Waals surface area contributed by atoms with E-state index in [1.54, 1.807) is 0 Å². The van der Waals surface area contributed by atoms with Crippen LogP contribution in [0.25, 0.3) is 5.69 Å². The summed E-state index contributed by atoms with van der Waals surface area (Å²) in [6, 6.07) is 6.10. The molecule has 0 amide bonds. The summed E-state index contributed by atoms with van der Waals surface area (Å²) in [5.41, 5.74) is 4.15. The zero-order valence-corrected chi connectivity index (χ0v) is 15.2. The van der Waals surface area contributed by atoms with Gasteiger partial charge in [-0.25, -0.2) is 4.68 Å². The Hall–Kier alpha value is -0.840. The Kier molecular flexibility index (Phi) is 5.47. The van der Waals surface area contributed by atoms with Gasteiger partial charge in [0.15, 0.2) is 0 Å². The zero-order valence-electron chi connectivity index (χ0n) is 12.9. The average molecular weight is 371 g/mol. The van der Waals surface area contributed by atoms with Gasteiger partial charge in [-0.15, -0.1) is 0 Å². The van der Waals surface area contributed by atoms with E-state index in [9.17, 15) is 0 Å². The molecule has 0 spiro atoms. The lowest BCUT2D eigenvalue weighted by Gasteiger charge is -2.11. The standard InChI is InChI=1S/C16H21BrClN3/c1-10(2)8-19-9-13-5-6-14(7-15(13)18)21-12(4)16(17)11(3)20-21/h5-7,10,19H,8-9H2,1-4H3. The van der Waals surface area contributed by atoms with Crippen LogP contribution in [0.5, 0.6) is 0 Å². The van der Waals surface area contributed by atoms with E-state index >= 15 is 0 Å². The Bertz CT molecular complexity index is 635. The monoisotopic (exact) mass is 369 g/mol. The van der Waals surface area contributed by atoms with Crippen molar-refractivity contribution in [1.82, 2.24) is 15.1 Å². The van der Waals surface area contributed by atoms with Crippen LogP contribution in [0.15, 0.2) is 22.7 Å². The number of hydrogen-bond donors (Lipinski definition) is 1. The summed E-state index contributed by atoms with van der Waals surface area (Å²) in [5.74, 6) is 0.634. The summed E-state index contributed by atoms with van der Waals surface area (Å²) < 4.78 is 2.96. The zero-order chi connectivity index (χ0) is 15.6. The van der Waals surface area contributed by atoms with E-state index < -0.39 is 0 Å². The second-order valence-corrected chi connectivity index (χ2v) is 6.90. The lowest BCUT2D eigenvalue weighted by molar-refractivity contribution is 0.552. The van der Waals surface area contributed by atoms with Crippen LogP contribution in [0.4, 0.5) is 0 Å². The molecule has 0 unspecified atom stereocenters. The molecule has 1 N–H and O–H groups in total. The molecule has 21 heavy (non-hydrogen) atoms. The summed E-state index contributed by atoms with van der Waals surface area (Å²) in [4.78, 5) is 0. The van der Waals surface area contributed by atoms with Gasteiger partial charge < -0.3 is 5.32 Å². The molecule has 1 aromatic heterocycles. The van der Waals surface area contributed by atoms with Crippen molar-refractivity contribution in [3.8, 4) is 5.69 Å². The third-order valence-electron chi connectivity index (χ3n) is 3.35. The first-order valence-corrected chi connectivity index (χ1v) is 8.28. The minimum Gasteiger partial charge on any atom is -0.312 e. The van der Waals surface area contributed by atoms with Crippen molar-refractivity contribution in [3.63, 3.8) is 0 Å². The van der Waals surface area contributed by atoms with E-state index in [1.165, 1.54) is 0 Å². The van der Waals surface area contributed by atoms with E-state index in [0.29, 0.717) is 5.92 Å². The number of nitrogens with one attached hydrogen (secondary N) is 1. The minimum absolute atomic E-state index is 0.634.